The van der Waals surface area contributed by atoms with Crippen LogP contribution in [0.15, 0.2) is 0 Å². The van der Waals surface area contributed by atoms with E-state index in [0.29, 0.717) is 13.0 Å². The van der Waals surface area contributed by atoms with Gasteiger partial charge in [0.1, 0.15) is 0 Å². The van der Waals surface area contributed by atoms with Gasteiger partial charge in [-0.3, -0.25) is 0 Å². The molecule has 2 N–H and O–H groups in total. The van der Waals surface area contributed by atoms with Crippen molar-refractivity contribution in [2.45, 2.75) is 31.2 Å². The fourth-order valence-corrected chi connectivity index (χ4v) is 1.19. The Morgan fingerprint density at radius 2 is 2.09 bits per heavy atom. The summed E-state index contributed by atoms with van der Waals surface area (Å²) in [7, 11) is 0. The third kappa shape index (κ3) is 2.71. The lowest BCUT2D eigenvalue weighted by Crippen LogP contribution is -2.48. The molecule has 0 aromatic rings. The van der Waals surface area contributed by atoms with Gasteiger partial charge < -0.3 is 10.4 Å². The molecule has 0 heterocycles. The Labute approximate surface area is 64.6 Å². The van der Waals surface area contributed by atoms with Gasteiger partial charge in [-0.25, -0.2) is 8.78 Å². The van der Waals surface area contributed by atoms with Crippen molar-refractivity contribution >= 4 is 0 Å². The van der Waals surface area contributed by atoms with Gasteiger partial charge in [-0.2, -0.15) is 0 Å². The second kappa shape index (κ2) is 3.45. The molecule has 0 atom stereocenters. The number of aliphatic hydroxyl groups is 1. The maximum Gasteiger partial charge on any atom is 0.251 e. The van der Waals surface area contributed by atoms with Gasteiger partial charge in [0, 0.05) is 25.5 Å². The number of halogens is 2. The highest BCUT2D eigenvalue weighted by atomic mass is 19.3. The number of hydrogen-bond donors (Lipinski definition) is 2. The van der Waals surface area contributed by atoms with Crippen LogP contribution in [0.4, 0.5) is 8.78 Å². The molecule has 1 saturated carbocycles. The largest absolute Gasteiger partial charge is 0.396 e. The van der Waals surface area contributed by atoms with Crippen LogP contribution in [0, 0.1) is 0 Å². The summed E-state index contributed by atoms with van der Waals surface area (Å²) in [6, 6.07) is -0.0310. The zero-order chi connectivity index (χ0) is 8.32. The molecule has 11 heavy (non-hydrogen) atoms. The van der Waals surface area contributed by atoms with E-state index in [4.69, 9.17) is 5.11 Å². The van der Waals surface area contributed by atoms with Gasteiger partial charge in [-0.1, -0.05) is 0 Å². The smallest absolute Gasteiger partial charge is 0.251 e. The maximum absolute atomic E-state index is 12.2. The van der Waals surface area contributed by atoms with Crippen LogP contribution < -0.4 is 5.32 Å². The van der Waals surface area contributed by atoms with E-state index in [-0.39, 0.29) is 25.5 Å². The van der Waals surface area contributed by atoms with E-state index in [0.717, 1.165) is 0 Å². The van der Waals surface area contributed by atoms with E-state index in [2.05, 4.69) is 5.32 Å². The van der Waals surface area contributed by atoms with Crippen molar-refractivity contribution < 1.29 is 13.9 Å². The summed E-state index contributed by atoms with van der Waals surface area (Å²) in [6.45, 7) is 0.757. The van der Waals surface area contributed by atoms with Crippen LogP contribution in [-0.2, 0) is 0 Å². The van der Waals surface area contributed by atoms with Crippen molar-refractivity contribution in [2.24, 2.45) is 0 Å². The highest BCUT2D eigenvalue weighted by Crippen LogP contribution is 2.37. The third-order valence-electron chi connectivity index (χ3n) is 1.86. The molecule has 1 rings (SSSR count). The Morgan fingerprint density at radius 3 is 2.55 bits per heavy atom. The van der Waals surface area contributed by atoms with E-state index in [1.165, 1.54) is 0 Å². The molecule has 1 fully saturated rings. The van der Waals surface area contributed by atoms with Gasteiger partial charge in [-0.05, 0) is 13.0 Å². The SMILES string of the molecule is OCCCNC1CC(F)(F)C1. The summed E-state index contributed by atoms with van der Waals surface area (Å²) in [4.78, 5) is 0. The molecule has 0 radical (unpaired) electrons. The summed E-state index contributed by atoms with van der Waals surface area (Å²) in [5, 5.41) is 11.3. The van der Waals surface area contributed by atoms with Gasteiger partial charge in [0.2, 0.25) is 0 Å². The Bertz CT molecular complexity index is 122. The first-order valence-electron chi connectivity index (χ1n) is 3.86. The van der Waals surface area contributed by atoms with Crippen LogP contribution >= 0.6 is 0 Å². The summed E-state index contributed by atoms with van der Waals surface area (Å²) >= 11 is 0. The molecule has 0 bridgehead atoms. The predicted molar refractivity (Wildman–Crippen MR) is 37.7 cm³/mol. The van der Waals surface area contributed by atoms with Crippen molar-refractivity contribution in [2.75, 3.05) is 13.2 Å². The lowest BCUT2D eigenvalue weighted by molar-refractivity contribution is -0.0926. The lowest BCUT2D eigenvalue weighted by Gasteiger charge is -2.35. The standard InChI is InChI=1S/C7H13F2NO/c8-7(9)4-6(5-7)10-2-1-3-11/h6,10-11H,1-5H2. The monoisotopic (exact) mass is 165 g/mol. The summed E-state index contributed by atoms with van der Waals surface area (Å²) in [5.41, 5.74) is 0. The number of alkyl halides is 2. The zero-order valence-electron chi connectivity index (χ0n) is 6.32. The number of aliphatic hydroxyl groups excluding tert-OH is 1. The molecule has 0 unspecified atom stereocenters. The predicted octanol–water partition coefficient (Wildman–Crippen LogP) is 0.756. The first-order valence-corrected chi connectivity index (χ1v) is 3.86. The van der Waals surface area contributed by atoms with Gasteiger partial charge in [-0.15, -0.1) is 0 Å². The Balaban J connectivity index is 1.96. The number of nitrogens with one attached hydrogen (secondary N) is 1. The van der Waals surface area contributed by atoms with Crippen LogP contribution in [0.1, 0.15) is 19.3 Å². The van der Waals surface area contributed by atoms with E-state index in [1.807, 2.05) is 0 Å². The average molecular weight is 165 g/mol. The van der Waals surface area contributed by atoms with Crippen LogP contribution in [0.3, 0.4) is 0 Å². The molecule has 0 aliphatic heterocycles. The molecule has 66 valence electrons. The molecule has 0 aromatic heterocycles. The quantitative estimate of drug-likeness (QED) is 0.603. The minimum atomic E-state index is -2.43. The second-order valence-electron chi connectivity index (χ2n) is 2.99. The molecule has 0 aromatic carbocycles. The van der Waals surface area contributed by atoms with Gasteiger partial charge in [0.25, 0.3) is 5.92 Å². The van der Waals surface area contributed by atoms with Crippen LogP contribution in [-0.4, -0.2) is 30.2 Å². The molecule has 0 saturated heterocycles. The normalized spacial score (nSPS) is 23.2. The minimum Gasteiger partial charge on any atom is -0.396 e. The summed E-state index contributed by atoms with van der Waals surface area (Å²) in [5.74, 6) is -2.43. The highest BCUT2D eigenvalue weighted by Gasteiger charge is 2.44. The van der Waals surface area contributed by atoms with Crippen LogP contribution in [0.5, 0.6) is 0 Å². The number of hydrogen-bond acceptors (Lipinski definition) is 2. The van der Waals surface area contributed by atoms with Crippen LogP contribution in [0.2, 0.25) is 0 Å². The molecule has 1 aliphatic carbocycles. The molecular formula is C7H13F2NO. The van der Waals surface area contributed by atoms with Gasteiger partial charge in [0.05, 0.1) is 0 Å². The second-order valence-corrected chi connectivity index (χ2v) is 2.99. The fourth-order valence-electron chi connectivity index (χ4n) is 1.19. The summed E-state index contributed by atoms with van der Waals surface area (Å²) in [6.07, 6.45) is 0.554. The third-order valence-corrected chi connectivity index (χ3v) is 1.86. The first-order chi connectivity index (χ1) is 5.14. The molecule has 2 nitrogen and oxygen atoms in total. The molecular weight excluding hydrogens is 152 g/mol. The summed E-state index contributed by atoms with van der Waals surface area (Å²) < 4.78 is 24.4. The molecule has 0 amide bonds. The average Bonchev–Trinajstić information content (AvgIpc) is 1.84. The topological polar surface area (TPSA) is 32.3 Å². The van der Waals surface area contributed by atoms with Crippen molar-refractivity contribution in [1.29, 1.82) is 0 Å². The van der Waals surface area contributed by atoms with E-state index >= 15 is 0 Å². The molecule has 1 aliphatic rings. The minimum absolute atomic E-state index is 0.0310. The Morgan fingerprint density at radius 1 is 1.45 bits per heavy atom. The zero-order valence-corrected chi connectivity index (χ0v) is 6.32. The first kappa shape index (κ1) is 8.87. The van der Waals surface area contributed by atoms with Gasteiger partial charge in [0.15, 0.2) is 0 Å². The Hall–Kier alpha value is -0.220. The van der Waals surface area contributed by atoms with Crippen molar-refractivity contribution in [3.63, 3.8) is 0 Å². The maximum atomic E-state index is 12.2. The van der Waals surface area contributed by atoms with E-state index in [9.17, 15) is 8.78 Å². The van der Waals surface area contributed by atoms with Gasteiger partial charge >= 0.3 is 0 Å². The Kier molecular flexibility index (Phi) is 2.78. The van der Waals surface area contributed by atoms with E-state index < -0.39 is 5.92 Å². The van der Waals surface area contributed by atoms with Crippen LogP contribution in [0.25, 0.3) is 0 Å². The number of rotatable bonds is 4. The van der Waals surface area contributed by atoms with Crippen molar-refractivity contribution in [1.82, 2.24) is 5.32 Å². The molecule has 4 heteroatoms. The highest BCUT2D eigenvalue weighted by molar-refractivity contribution is 4.90. The van der Waals surface area contributed by atoms with Crippen molar-refractivity contribution in [3.05, 3.63) is 0 Å². The molecule has 0 spiro atoms. The fraction of sp³-hybridized carbons (Fsp3) is 1.00. The van der Waals surface area contributed by atoms with Crippen molar-refractivity contribution in [3.8, 4) is 0 Å². The lowest BCUT2D eigenvalue weighted by atomic mass is 9.88. The van der Waals surface area contributed by atoms with E-state index in [1.54, 1.807) is 0 Å².